The molecule has 0 spiro atoms. The number of aromatic nitrogens is 6. The van der Waals surface area contributed by atoms with Crippen LogP contribution >= 0.6 is 0 Å². The van der Waals surface area contributed by atoms with E-state index in [1.54, 1.807) is 16.7 Å². The highest BCUT2D eigenvalue weighted by atomic mass is 19.4. The van der Waals surface area contributed by atoms with Gasteiger partial charge in [0.1, 0.15) is 11.5 Å². The van der Waals surface area contributed by atoms with E-state index in [0.29, 0.717) is 22.9 Å². The SMILES string of the molecule is COc1ccc(-n2c(-c3cnc(N)cn3)nc3cc(C(F)(F)F)ccc32)nn1. The topological polar surface area (TPSA) is 105 Å². The van der Waals surface area contributed by atoms with Gasteiger partial charge in [-0.25, -0.2) is 15.0 Å². The van der Waals surface area contributed by atoms with Gasteiger partial charge in [-0.1, -0.05) is 0 Å². The highest BCUT2D eigenvalue weighted by Gasteiger charge is 2.31. The molecule has 0 aliphatic rings. The number of hydrogen-bond acceptors (Lipinski definition) is 7. The Morgan fingerprint density at radius 1 is 1.04 bits per heavy atom. The first-order valence-electron chi connectivity index (χ1n) is 7.92. The van der Waals surface area contributed by atoms with Gasteiger partial charge in [-0.05, 0) is 24.3 Å². The number of halogens is 3. The molecular formula is C17H12F3N7O. The van der Waals surface area contributed by atoms with Gasteiger partial charge in [0.2, 0.25) is 5.88 Å². The lowest BCUT2D eigenvalue weighted by atomic mass is 10.2. The molecule has 4 aromatic rings. The number of anilines is 1. The fraction of sp³-hybridized carbons (Fsp3) is 0.118. The highest BCUT2D eigenvalue weighted by Crippen LogP contribution is 2.33. The highest BCUT2D eigenvalue weighted by molar-refractivity contribution is 5.83. The predicted octanol–water partition coefficient (Wildman–Crippen LogP) is 2.88. The van der Waals surface area contributed by atoms with E-state index in [2.05, 4.69) is 25.1 Å². The van der Waals surface area contributed by atoms with Crippen LogP contribution in [0.1, 0.15) is 5.56 Å². The molecule has 2 N–H and O–H groups in total. The third-order valence-electron chi connectivity index (χ3n) is 3.95. The Labute approximate surface area is 155 Å². The van der Waals surface area contributed by atoms with Crippen LogP contribution in [-0.4, -0.2) is 36.8 Å². The van der Waals surface area contributed by atoms with Gasteiger partial charge in [-0.2, -0.15) is 13.2 Å². The average molecular weight is 387 g/mol. The number of ether oxygens (including phenoxy) is 1. The van der Waals surface area contributed by atoms with Gasteiger partial charge in [-0.3, -0.25) is 4.57 Å². The van der Waals surface area contributed by atoms with E-state index in [0.717, 1.165) is 12.1 Å². The van der Waals surface area contributed by atoms with Gasteiger partial charge in [0.05, 0.1) is 36.1 Å². The first kappa shape index (κ1) is 17.6. The zero-order valence-corrected chi connectivity index (χ0v) is 14.3. The van der Waals surface area contributed by atoms with Crippen molar-refractivity contribution in [3.63, 3.8) is 0 Å². The Morgan fingerprint density at radius 2 is 1.86 bits per heavy atom. The number of nitrogens with zero attached hydrogens (tertiary/aromatic N) is 6. The number of benzene rings is 1. The molecule has 0 atom stereocenters. The van der Waals surface area contributed by atoms with Gasteiger partial charge in [0.25, 0.3) is 0 Å². The molecule has 11 heteroatoms. The summed E-state index contributed by atoms with van der Waals surface area (Å²) in [6, 6.07) is 6.47. The van der Waals surface area contributed by atoms with Gasteiger partial charge in [-0.15, -0.1) is 10.2 Å². The van der Waals surface area contributed by atoms with Crippen molar-refractivity contribution in [1.82, 2.24) is 29.7 Å². The molecule has 0 amide bonds. The van der Waals surface area contributed by atoms with Crippen molar-refractivity contribution < 1.29 is 17.9 Å². The van der Waals surface area contributed by atoms with Gasteiger partial charge < -0.3 is 10.5 Å². The first-order chi connectivity index (χ1) is 13.4. The molecule has 0 saturated heterocycles. The van der Waals surface area contributed by atoms with Crippen LogP contribution in [0.4, 0.5) is 19.0 Å². The van der Waals surface area contributed by atoms with E-state index < -0.39 is 11.7 Å². The van der Waals surface area contributed by atoms with Crippen LogP contribution in [0, 0.1) is 0 Å². The predicted molar refractivity (Wildman–Crippen MR) is 93.7 cm³/mol. The lowest BCUT2D eigenvalue weighted by Gasteiger charge is -2.09. The molecule has 0 radical (unpaired) electrons. The summed E-state index contributed by atoms with van der Waals surface area (Å²) >= 11 is 0. The summed E-state index contributed by atoms with van der Waals surface area (Å²) in [5.74, 6) is 1.08. The van der Waals surface area contributed by atoms with Crippen LogP contribution in [0.15, 0.2) is 42.7 Å². The standard InChI is InChI=1S/C17H12F3N7O/c1-28-15-5-4-14(25-26-15)27-12-3-2-9(17(18,19)20)6-10(12)24-16(27)11-7-23-13(21)8-22-11/h2-8H,1H3,(H2,21,23). The normalized spacial score (nSPS) is 11.7. The van der Waals surface area contributed by atoms with Crippen LogP contribution in [0.25, 0.3) is 28.4 Å². The molecule has 0 bridgehead atoms. The molecule has 142 valence electrons. The molecule has 3 heterocycles. The summed E-state index contributed by atoms with van der Waals surface area (Å²) in [5.41, 5.74) is 5.61. The van der Waals surface area contributed by atoms with Crippen molar-refractivity contribution in [2.75, 3.05) is 12.8 Å². The molecule has 28 heavy (non-hydrogen) atoms. The lowest BCUT2D eigenvalue weighted by Crippen LogP contribution is -2.05. The first-order valence-corrected chi connectivity index (χ1v) is 7.92. The molecule has 8 nitrogen and oxygen atoms in total. The maximum absolute atomic E-state index is 13.1. The molecule has 1 aromatic carbocycles. The van der Waals surface area contributed by atoms with E-state index in [9.17, 15) is 13.2 Å². The second-order valence-corrected chi connectivity index (χ2v) is 5.73. The molecule has 0 unspecified atom stereocenters. The van der Waals surface area contributed by atoms with Gasteiger partial charge >= 0.3 is 6.18 Å². The summed E-state index contributed by atoms with van der Waals surface area (Å²) in [6.07, 6.45) is -1.77. The monoisotopic (exact) mass is 387 g/mol. The number of nitrogen functional groups attached to an aromatic ring is 1. The van der Waals surface area contributed by atoms with E-state index >= 15 is 0 Å². The number of methoxy groups -OCH3 is 1. The van der Waals surface area contributed by atoms with Crippen molar-refractivity contribution in [2.45, 2.75) is 6.18 Å². The lowest BCUT2D eigenvalue weighted by molar-refractivity contribution is -0.137. The third kappa shape index (κ3) is 3.06. The summed E-state index contributed by atoms with van der Waals surface area (Å²) in [6.45, 7) is 0. The average Bonchev–Trinajstić information content (AvgIpc) is 3.06. The fourth-order valence-electron chi connectivity index (χ4n) is 2.65. The zero-order valence-electron chi connectivity index (χ0n) is 14.3. The number of nitrogens with two attached hydrogens (primary N) is 1. The zero-order chi connectivity index (χ0) is 19.9. The summed E-state index contributed by atoms with van der Waals surface area (Å²) < 4.78 is 45.8. The fourth-order valence-corrected chi connectivity index (χ4v) is 2.65. The largest absolute Gasteiger partial charge is 0.480 e. The smallest absolute Gasteiger partial charge is 0.416 e. The number of alkyl halides is 3. The maximum atomic E-state index is 13.1. The number of imidazole rings is 1. The number of rotatable bonds is 3. The maximum Gasteiger partial charge on any atom is 0.416 e. The van der Waals surface area contributed by atoms with Crippen LogP contribution in [-0.2, 0) is 6.18 Å². The Hall–Kier alpha value is -3.76. The Morgan fingerprint density at radius 3 is 2.46 bits per heavy atom. The van der Waals surface area contributed by atoms with E-state index in [-0.39, 0.29) is 17.2 Å². The Kier molecular flexibility index (Phi) is 4.06. The molecule has 4 rings (SSSR count). The minimum atomic E-state index is -4.49. The van der Waals surface area contributed by atoms with Gasteiger partial charge in [0, 0.05) is 6.07 Å². The van der Waals surface area contributed by atoms with Crippen LogP contribution in [0.5, 0.6) is 5.88 Å². The summed E-state index contributed by atoms with van der Waals surface area (Å²) in [4.78, 5) is 12.5. The third-order valence-corrected chi connectivity index (χ3v) is 3.95. The summed E-state index contributed by atoms with van der Waals surface area (Å²) in [7, 11) is 1.45. The second kappa shape index (κ2) is 6.44. The minimum Gasteiger partial charge on any atom is -0.480 e. The molecular weight excluding hydrogens is 375 g/mol. The van der Waals surface area contributed by atoms with E-state index in [1.807, 2.05) is 0 Å². The molecule has 0 fully saturated rings. The molecule has 3 aromatic heterocycles. The molecule has 0 aliphatic carbocycles. The van der Waals surface area contributed by atoms with Crippen LogP contribution < -0.4 is 10.5 Å². The van der Waals surface area contributed by atoms with Crippen molar-refractivity contribution in [3.8, 4) is 23.2 Å². The van der Waals surface area contributed by atoms with Crippen molar-refractivity contribution in [3.05, 3.63) is 48.3 Å². The van der Waals surface area contributed by atoms with Crippen molar-refractivity contribution in [2.24, 2.45) is 0 Å². The van der Waals surface area contributed by atoms with Crippen molar-refractivity contribution in [1.29, 1.82) is 0 Å². The van der Waals surface area contributed by atoms with E-state index in [4.69, 9.17) is 10.5 Å². The van der Waals surface area contributed by atoms with Gasteiger partial charge in [0.15, 0.2) is 11.6 Å². The van der Waals surface area contributed by atoms with E-state index in [1.165, 1.54) is 25.6 Å². The number of fused-ring (bicyclic) bond motifs is 1. The summed E-state index contributed by atoms with van der Waals surface area (Å²) in [5, 5.41) is 7.98. The molecule has 0 saturated carbocycles. The quantitative estimate of drug-likeness (QED) is 0.576. The minimum absolute atomic E-state index is 0.126. The molecule has 0 aliphatic heterocycles. The number of hydrogen-bond donors (Lipinski definition) is 1. The Bertz CT molecular complexity index is 1140. The van der Waals surface area contributed by atoms with Crippen molar-refractivity contribution >= 4 is 16.9 Å². The second-order valence-electron chi connectivity index (χ2n) is 5.73. The van der Waals surface area contributed by atoms with Crippen LogP contribution in [0.2, 0.25) is 0 Å². The Balaban J connectivity index is 1.98. The van der Waals surface area contributed by atoms with Crippen LogP contribution in [0.3, 0.4) is 0 Å².